The zero-order valence-corrected chi connectivity index (χ0v) is 21.8. The van der Waals surface area contributed by atoms with E-state index in [0.29, 0.717) is 31.4 Å². The Balaban J connectivity index is 1.39. The predicted molar refractivity (Wildman–Crippen MR) is 134 cm³/mol. The van der Waals surface area contributed by atoms with Crippen LogP contribution in [0, 0.1) is 17.7 Å². The Morgan fingerprint density at radius 1 is 1.27 bits per heavy atom. The molecule has 1 aromatic carbocycles. The first kappa shape index (κ1) is 28.2. The first-order valence-corrected chi connectivity index (χ1v) is 12.7. The fourth-order valence-corrected chi connectivity index (χ4v) is 4.25. The number of likely N-dealkylation sites (tertiary alicyclic amines) is 1. The Morgan fingerprint density at radius 3 is 2.62 bits per heavy atom. The fraction of sp³-hybridized carbons (Fsp3) is 0.615. The Kier molecular flexibility index (Phi) is 9.34. The zero-order chi connectivity index (χ0) is 27.2. The van der Waals surface area contributed by atoms with Crippen molar-refractivity contribution < 1.29 is 33.0 Å². The normalized spacial score (nSPS) is 19.9. The molecule has 2 aliphatic rings. The molecule has 0 spiro atoms. The average Bonchev–Trinajstić information content (AvgIpc) is 2.91. The molecule has 0 aromatic heterocycles. The van der Waals surface area contributed by atoms with Crippen molar-refractivity contribution in [3.05, 3.63) is 35.0 Å². The molecule has 0 radical (unpaired) electrons. The predicted octanol–water partition coefficient (Wildman–Crippen LogP) is 3.96. The van der Waals surface area contributed by atoms with E-state index < -0.39 is 29.7 Å². The molecule has 0 bridgehead atoms. The molecule has 1 aromatic rings. The molecule has 2 saturated heterocycles. The monoisotopic (exact) mass is 519 g/mol. The van der Waals surface area contributed by atoms with E-state index in [1.807, 2.05) is 0 Å². The second-order valence-electron chi connectivity index (χ2n) is 10.3. The summed E-state index contributed by atoms with van der Waals surface area (Å²) in [5.74, 6) is -1.94. The summed E-state index contributed by atoms with van der Waals surface area (Å²) in [5.41, 5.74) is 0.240. The number of hydrogen-bond acceptors (Lipinski definition) is 6. The molecular formula is C26H36FN4O6-. The van der Waals surface area contributed by atoms with Gasteiger partial charge in [-0.25, -0.2) is 14.0 Å². The lowest BCUT2D eigenvalue weighted by Gasteiger charge is -2.35. The van der Waals surface area contributed by atoms with Crippen LogP contribution >= 0.6 is 0 Å². The highest BCUT2D eigenvalue weighted by atomic mass is 19.1. The maximum atomic E-state index is 14.7. The number of rotatable bonds is 8. The Morgan fingerprint density at radius 2 is 1.97 bits per heavy atom. The quantitative estimate of drug-likeness (QED) is 0.232. The van der Waals surface area contributed by atoms with E-state index in [2.05, 4.69) is 10.6 Å². The minimum absolute atomic E-state index is 0.0221. The van der Waals surface area contributed by atoms with Crippen LogP contribution in [0.1, 0.15) is 58.9 Å². The maximum absolute atomic E-state index is 14.7. The van der Waals surface area contributed by atoms with E-state index in [9.17, 15) is 24.2 Å². The number of benzene rings is 1. The van der Waals surface area contributed by atoms with Gasteiger partial charge in [-0.2, -0.15) is 0 Å². The van der Waals surface area contributed by atoms with Crippen LogP contribution in [0.3, 0.4) is 0 Å². The average molecular weight is 520 g/mol. The highest BCUT2D eigenvalue weighted by molar-refractivity contribution is 6.00. The zero-order valence-electron chi connectivity index (χ0n) is 21.8. The number of amides is 3. The van der Waals surface area contributed by atoms with Crippen molar-refractivity contribution in [2.45, 2.75) is 71.6 Å². The number of ether oxygens (including phenoxy) is 3. The fourth-order valence-electron chi connectivity index (χ4n) is 4.25. The summed E-state index contributed by atoms with van der Waals surface area (Å²) in [4.78, 5) is 38.0. The van der Waals surface area contributed by atoms with Gasteiger partial charge in [0.05, 0.1) is 6.61 Å². The second kappa shape index (κ2) is 12.2. The molecule has 10 nitrogen and oxygen atoms in total. The molecule has 1 atom stereocenters. The van der Waals surface area contributed by atoms with Crippen LogP contribution in [0.2, 0.25) is 0 Å². The molecule has 0 unspecified atom stereocenters. The van der Waals surface area contributed by atoms with Crippen molar-refractivity contribution in [1.29, 1.82) is 0 Å². The van der Waals surface area contributed by atoms with Gasteiger partial charge in [0.15, 0.2) is 0 Å². The van der Waals surface area contributed by atoms with Crippen LogP contribution in [-0.2, 0) is 20.7 Å². The van der Waals surface area contributed by atoms with Crippen molar-refractivity contribution in [3.63, 3.8) is 0 Å². The third-order valence-electron chi connectivity index (χ3n) is 6.42. The Hall–Kier alpha value is -3.37. The summed E-state index contributed by atoms with van der Waals surface area (Å²) in [6.45, 7) is 8.19. The number of carbonyl (C=O) groups is 3. The standard InChI is InChI=1S/C26H36FN4O6/c1-16(2)22(28)30-24(33)31-11-9-17(10-12-31)6-5-13-35-19-8-7-18(20(27)15-19)14-21-23(32)36-26(3,4)37-25(34)29-21/h7-8,15-17,21H,5-6,9-14H2,1-4H3,(H2-,28,29,30,33,34)/q-1/t21-/m0/s1. The number of amidine groups is 1. The summed E-state index contributed by atoms with van der Waals surface area (Å²) in [5, 5.41) is 14.7. The summed E-state index contributed by atoms with van der Waals surface area (Å²) < 4.78 is 30.5. The molecule has 2 heterocycles. The largest absolute Gasteiger partial charge is 0.493 e. The highest BCUT2D eigenvalue weighted by Gasteiger charge is 2.37. The number of alkyl carbamates (subject to hydrolysis) is 1. The van der Waals surface area contributed by atoms with Gasteiger partial charge in [0.25, 0.3) is 5.79 Å². The van der Waals surface area contributed by atoms with E-state index >= 15 is 0 Å². The van der Waals surface area contributed by atoms with Gasteiger partial charge >= 0.3 is 12.1 Å². The summed E-state index contributed by atoms with van der Waals surface area (Å²) in [7, 11) is 0. The van der Waals surface area contributed by atoms with Crippen LogP contribution in [0.4, 0.5) is 14.0 Å². The van der Waals surface area contributed by atoms with Crippen molar-refractivity contribution in [1.82, 2.24) is 15.5 Å². The molecule has 11 heteroatoms. The molecule has 2 fully saturated rings. The van der Waals surface area contributed by atoms with Gasteiger partial charge in [0.2, 0.25) is 6.03 Å². The van der Waals surface area contributed by atoms with E-state index in [1.165, 1.54) is 26.0 Å². The highest BCUT2D eigenvalue weighted by Crippen LogP contribution is 2.24. The van der Waals surface area contributed by atoms with E-state index in [0.717, 1.165) is 25.7 Å². The van der Waals surface area contributed by atoms with Crippen LogP contribution in [-0.4, -0.2) is 60.4 Å². The van der Waals surface area contributed by atoms with Crippen LogP contribution in [0.25, 0.3) is 5.41 Å². The number of cyclic esters (lactones) is 2. The van der Waals surface area contributed by atoms with Crippen molar-refractivity contribution >= 4 is 23.9 Å². The number of carbonyl (C=O) groups excluding carboxylic acids is 3. The van der Waals surface area contributed by atoms with Gasteiger partial charge in [0.1, 0.15) is 17.6 Å². The Bertz CT molecular complexity index is 1010. The van der Waals surface area contributed by atoms with Gasteiger partial charge in [-0.15, -0.1) is 0 Å². The first-order valence-electron chi connectivity index (χ1n) is 12.7. The van der Waals surface area contributed by atoms with E-state index in [-0.39, 0.29) is 29.8 Å². The number of halogens is 1. The van der Waals surface area contributed by atoms with Crippen molar-refractivity contribution in [2.75, 3.05) is 19.7 Å². The van der Waals surface area contributed by atoms with Gasteiger partial charge in [-0.05, 0) is 49.1 Å². The molecule has 0 aliphatic carbocycles. The minimum atomic E-state index is -1.39. The molecule has 3 amide bonds. The third-order valence-corrected chi connectivity index (χ3v) is 6.42. The van der Waals surface area contributed by atoms with Crippen LogP contribution < -0.4 is 15.4 Å². The maximum Gasteiger partial charge on any atom is 0.411 e. The molecule has 37 heavy (non-hydrogen) atoms. The summed E-state index contributed by atoms with van der Waals surface area (Å²) in [6.07, 6.45) is 2.59. The van der Waals surface area contributed by atoms with Crippen molar-refractivity contribution in [3.8, 4) is 5.75 Å². The van der Waals surface area contributed by atoms with Gasteiger partial charge in [-0.1, -0.05) is 25.7 Å². The summed E-state index contributed by atoms with van der Waals surface area (Å²) >= 11 is 0. The van der Waals surface area contributed by atoms with E-state index in [4.69, 9.17) is 14.2 Å². The SMILES string of the molecule is CC(C)C(=[N-])NC(=O)N1CCC(CCCOc2ccc(C[C@@H]3NC(=O)OC(C)(C)OC3=O)c(F)c2)CC1. The lowest BCUT2D eigenvalue weighted by atomic mass is 9.92. The van der Waals surface area contributed by atoms with Crippen LogP contribution in [0.15, 0.2) is 18.2 Å². The number of nitrogens with zero attached hydrogens (tertiary/aromatic N) is 2. The number of nitrogens with one attached hydrogen (secondary N) is 2. The van der Waals surface area contributed by atoms with Gasteiger partial charge in [-0.3, -0.25) is 4.79 Å². The second-order valence-corrected chi connectivity index (χ2v) is 10.3. The topological polar surface area (TPSA) is 128 Å². The smallest absolute Gasteiger partial charge is 0.411 e. The number of hydrogen-bond donors (Lipinski definition) is 2. The number of urea groups is 1. The Labute approximate surface area is 216 Å². The third kappa shape index (κ3) is 8.33. The lowest BCUT2D eigenvalue weighted by Crippen LogP contribution is -2.47. The lowest BCUT2D eigenvalue weighted by molar-refractivity contribution is -0.189. The molecule has 2 aliphatic heterocycles. The molecular weight excluding hydrogens is 483 g/mol. The van der Waals surface area contributed by atoms with Crippen molar-refractivity contribution in [2.24, 2.45) is 11.8 Å². The van der Waals surface area contributed by atoms with E-state index in [1.54, 1.807) is 24.8 Å². The van der Waals surface area contributed by atoms with Crippen LogP contribution in [0.5, 0.6) is 5.75 Å². The number of piperidine rings is 1. The van der Waals surface area contributed by atoms with Gasteiger partial charge < -0.3 is 35.2 Å². The minimum Gasteiger partial charge on any atom is -0.493 e. The molecule has 0 saturated carbocycles. The summed E-state index contributed by atoms with van der Waals surface area (Å²) in [6, 6.07) is 3.08. The molecule has 204 valence electrons. The van der Waals surface area contributed by atoms with Gasteiger partial charge in [0, 0.05) is 39.4 Å². The molecule has 3 rings (SSSR count). The molecule has 2 N–H and O–H groups in total. The number of esters is 1. The first-order chi connectivity index (χ1) is 17.4.